The minimum atomic E-state index is -3.81. The largest absolute Gasteiger partial charge is 0.326 e. The number of nitrogens with one attached hydrogen (secondary N) is 2. The third-order valence-corrected chi connectivity index (χ3v) is 7.92. The Morgan fingerprint density at radius 1 is 0.800 bits per heavy atom. The summed E-state index contributed by atoms with van der Waals surface area (Å²) in [7, 11) is -7.36. The summed E-state index contributed by atoms with van der Waals surface area (Å²) in [5, 5.41) is 3.66. The van der Waals surface area contributed by atoms with Crippen molar-refractivity contribution in [3.8, 4) is 0 Å². The lowest BCUT2D eigenvalue weighted by Gasteiger charge is -2.22. The molecule has 0 aliphatic carbocycles. The van der Waals surface area contributed by atoms with Crippen LogP contribution in [-0.4, -0.2) is 35.5 Å². The van der Waals surface area contributed by atoms with Gasteiger partial charge in [0.1, 0.15) is 0 Å². The Kier molecular flexibility index (Phi) is 8.65. The average Bonchev–Trinajstić information content (AvgIpc) is 2.78. The summed E-state index contributed by atoms with van der Waals surface area (Å²) in [5.74, 6) is -0.329. The zero-order valence-electron chi connectivity index (χ0n) is 18.6. The molecule has 0 spiro atoms. The molecule has 0 radical (unpaired) electrons. The second-order valence-electron chi connectivity index (χ2n) is 7.60. The maximum Gasteiger partial charge on any atom is 0.261 e. The topological polar surface area (TPSA) is 113 Å². The van der Waals surface area contributed by atoms with Crippen LogP contribution in [0.4, 0.5) is 17.1 Å². The predicted octanol–water partition coefficient (Wildman–Crippen LogP) is 4.98. The van der Waals surface area contributed by atoms with Crippen molar-refractivity contribution in [3.63, 3.8) is 0 Å². The molecule has 3 aromatic carbocycles. The maximum atomic E-state index is 12.5. The SMILES string of the molecule is CS(=O)(=O)N(CCCC(=O)Nc1ccc(S(=O)(=O)Nc2ccc(Cl)cc2)cc1)c1ccc(Cl)cc1. The Hall–Kier alpha value is -2.79. The van der Waals surface area contributed by atoms with Crippen LogP contribution in [0, 0.1) is 0 Å². The molecular weight excluding hydrogens is 533 g/mol. The van der Waals surface area contributed by atoms with Gasteiger partial charge in [-0.15, -0.1) is 0 Å². The number of hydrogen-bond acceptors (Lipinski definition) is 5. The van der Waals surface area contributed by atoms with Crippen molar-refractivity contribution in [2.75, 3.05) is 27.1 Å². The average molecular weight is 556 g/mol. The van der Waals surface area contributed by atoms with Crippen LogP contribution in [0.25, 0.3) is 0 Å². The summed E-state index contributed by atoms with van der Waals surface area (Å²) in [4.78, 5) is 12.4. The van der Waals surface area contributed by atoms with Gasteiger partial charge in [-0.1, -0.05) is 23.2 Å². The Bertz CT molecular complexity index is 1380. The normalized spacial score (nSPS) is 11.6. The van der Waals surface area contributed by atoms with Gasteiger partial charge in [-0.2, -0.15) is 0 Å². The molecule has 0 aliphatic rings. The number of carbonyl (C=O) groups excluding carboxylic acids is 1. The van der Waals surface area contributed by atoms with Crippen LogP contribution in [0.1, 0.15) is 12.8 Å². The van der Waals surface area contributed by atoms with Gasteiger partial charge in [0.05, 0.1) is 16.8 Å². The summed E-state index contributed by atoms with van der Waals surface area (Å²) < 4.78 is 53.1. The number of halogens is 2. The second-order valence-corrected chi connectivity index (χ2v) is 12.1. The van der Waals surface area contributed by atoms with E-state index in [2.05, 4.69) is 10.0 Å². The van der Waals surface area contributed by atoms with E-state index in [1.807, 2.05) is 0 Å². The van der Waals surface area contributed by atoms with Crippen LogP contribution in [0.3, 0.4) is 0 Å². The van der Waals surface area contributed by atoms with Gasteiger partial charge in [0, 0.05) is 34.4 Å². The van der Waals surface area contributed by atoms with E-state index < -0.39 is 20.0 Å². The zero-order chi connectivity index (χ0) is 25.6. The fourth-order valence-electron chi connectivity index (χ4n) is 3.15. The number of sulfonamides is 2. The van der Waals surface area contributed by atoms with E-state index in [9.17, 15) is 21.6 Å². The quantitative estimate of drug-likeness (QED) is 0.366. The third-order valence-electron chi connectivity index (χ3n) is 4.82. The van der Waals surface area contributed by atoms with Crippen molar-refractivity contribution >= 4 is 66.2 Å². The van der Waals surface area contributed by atoms with E-state index in [4.69, 9.17) is 23.2 Å². The molecule has 35 heavy (non-hydrogen) atoms. The lowest BCUT2D eigenvalue weighted by molar-refractivity contribution is -0.116. The van der Waals surface area contributed by atoms with Crippen LogP contribution in [0.5, 0.6) is 0 Å². The summed E-state index contributed by atoms with van der Waals surface area (Å²) in [6.45, 7) is 0.113. The lowest BCUT2D eigenvalue weighted by Crippen LogP contribution is -2.31. The third kappa shape index (κ3) is 7.86. The molecule has 0 heterocycles. The predicted molar refractivity (Wildman–Crippen MR) is 140 cm³/mol. The molecule has 186 valence electrons. The Morgan fingerprint density at radius 3 is 1.86 bits per heavy atom. The molecular formula is C23H23Cl2N3O5S2. The molecule has 0 aromatic heterocycles. The Labute approximate surface area is 215 Å². The van der Waals surface area contributed by atoms with Gasteiger partial charge in [-0.3, -0.25) is 13.8 Å². The van der Waals surface area contributed by atoms with Crippen molar-refractivity contribution in [1.82, 2.24) is 0 Å². The van der Waals surface area contributed by atoms with Gasteiger partial charge in [0.2, 0.25) is 15.9 Å². The number of anilines is 3. The zero-order valence-corrected chi connectivity index (χ0v) is 21.8. The lowest BCUT2D eigenvalue weighted by atomic mass is 10.2. The van der Waals surface area contributed by atoms with Crippen LogP contribution in [0.15, 0.2) is 77.7 Å². The first kappa shape index (κ1) is 26.8. The van der Waals surface area contributed by atoms with Gasteiger partial charge in [-0.25, -0.2) is 16.8 Å². The molecule has 12 heteroatoms. The fraction of sp³-hybridized carbons (Fsp3) is 0.174. The van der Waals surface area contributed by atoms with E-state index in [-0.39, 0.29) is 30.2 Å². The van der Waals surface area contributed by atoms with Gasteiger partial charge in [0.25, 0.3) is 10.0 Å². The van der Waals surface area contributed by atoms with Crippen molar-refractivity contribution in [2.24, 2.45) is 0 Å². The molecule has 0 fully saturated rings. The number of benzene rings is 3. The molecule has 0 saturated heterocycles. The van der Waals surface area contributed by atoms with Crippen molar-refractivity contribution in [3.05, 3.63) is 82.8 Å². The molecule has 3 aromatic rings. The molecule has 0 atom stereocenters. The molecule has 3 rings (SSSR count). The second kappa shape index (κ2) is 11.3. The van der Waals surface area contributed by atoms with Gasteiger partial charge in [0.15, 0.2) is 0 Å². The van der Waals surface area contributed by atoms with Crippen molar-refractivity contribution < 1.29 is 21.6 Å². The summed E-state index contributed by atoms with van der Waals surface area (Å²) in [5.41, 5.74) is 1.24. The number of rotatable bonds is 10. The van der Waals surface area contributed by atoms with E-state index >= 15 is 0 Å². The highest BCUT2D eigenvalue weighted by Gasteiger charge is 2.18. The Balaban J connectivity index is 1.56. The highest BCUT2D eigenvalue weighted by molar-refractivity contribution is 7.92. The van der Waals surface area contributed by atoms with Gasteiger partial charge >= 0.3 is 0 Å². The summed E-state index contributed by atoms with van der Waals surface area (Å²) in [6, 6.07) is 18.3. The van der Waals surface area contributed by atoms with Crippen LogP contribution >= 0.6 is 23.2 Å². The van der Waals surface area contributed by atoms with E-state index in [0.29, 0.717) is 27.1 Å². The molecule has 0 aliphatic heterocycles. The minimum absolute atomic E-state index is 0.0252. The Morgan fingerprint density at radius 2 is 1.31 bits per heavy atom. The minimum Gasteiger partial charge on any atom is -0.326 e. The summed E-state index contributed by atoms with van der Waals surface area (Å²) in [6.07, 6.45) is 1.44. The number of amides is 1. The molecule has 0 bridgehead atoms. The van der Waals surface area contributed by atoms with E-state index in [1.54, 1.807) is 48.5 Å². The number of nitrogens with zero attached hydrogens (tertiary/aromatic N) is 1. The number of hydrogen-bond donors (Lipinski definition) is 2. The number of carbonyl (C=O) groups is 1. The van der Waals surface area contributed by atoms with Gasteiger partial charge in [-0.05, 0) is 79.2 Å². The highest BCUT2D eigenvalue weighted by atomic mass is 35.5. The fourth-order valence-corrected chi connectivity index (χ4v) is 5.43. The van der Waals surface area contributed by atoms with Crippen LogP contribution in [-0.2, 0) is 24.8 Å². The first-order chi connectivity index (χ1) is 16.4. The molecule has 0 saturated carbocycles. The molecule has 1 amide bonds. The van der Waals surface area contributed by atoms with E-state index in [0.717, 1.165) is 6.26 Å². The standard InChI is InChI=1S/C23H23Cl2N3O5S2/c1-34(30,31)28(21-12-6-18(25)7-13-21)16-2-3-23(29)26-19-10-14-22(15-11-19)35(32,33)27-20-8-4-17(24)5-9-20/h4-15,27H,2-3,16H2,1H3,(H,26,29). The monoisotopic (exact) mass is 555 g/mol. The van der Waals surface area contributed by atoms with Crippen molar-refractivity contribution in [1.29, 1.82) is 0 Å². The smallest absolute Gasteiger partial charge is 0.261 e. The molecule has 8 nitrogen and oxygen atoms in total. The summed E-state index contributed by atoms with van der Waals surface area (Å²) >= 11 is 11.7. The van der Waals surface area contributed by atoms with E-state index in [1.165, 1.54) is 28.6 Å². The molecule has 2 N–H and O–H groups in total. The van der Waals surface area contributed by atoms with Crippen LogP contribution < -0.4 is 14.3 Å². The van der Waals surface area contributed by atoms with Gasteiger partial charge < -0.3 is 5.32 Å². The van der Waals surface area contributed by atoms with Crippen molar-refractivity contribution in [2.45, 2.75) is 17.7 Å². The first-order valence-corrected chi connectivity index (χ1v) is 14.4. The highest BCUT2D eigenvalue weighted by Crippen LogP contribution is 2.22. The van der Waals surface area contributed by atoms with Crippen LogP contribution in [0.2, 0.25) is 10.0 Å². The molecule has 0 unspecified atom stereocenters. The maximum absolute atomic E-state index is 12.5. The first-order valence-electron chi connectivity index (χ1n) is 10.4.